The maximum atomic E-state index is 4.24. The van der Waals surface area contributed by atoms with Crippen LogP contribution in [0.2, 0.25) is 0 Å². The van der Waals surface area contributed by atoms with Crippen LogP contribution in [0.25, 0.3) is 0 Å². The Labute approximate surface area is 59.5 Å². The fraction of sp³-hybridized carbons (Fsp3) is 0.571. The Morgan fingerprint density at radius 3 is 2.20 bits per heavy atom. The molecule has 0 saturated heterocycles. The minimum absolute atomic E-state index is 0.919. The molecule has 2 heterocycles. The van der Waals surface area contributed by atoms with Gasteiger partial charge in [-0.3, -0.25) is 0 Å². The Morgan fingerprint density at radius 1 is 1.10 bits per heavy atom. The Hall–Kier alpha value is -0.990. The molecular weight excluding hydrogens is 126 g/mol. The molecule has 10 heavy (non-hydrogen) atoms. The van der Waals surface area contributed by atoms with Crippen molar-refractivity contribution in [1.82, 2.24) is 15.0 Å². The van der Waals surface area contributed by atoms with Crippen LogP contribution in [0.3, 0.4) is 0 Å². The lowest BCUT2D eigenvalue weighted by molar-refractivity contribution is 0.868. The van der Waals surface area contributed by atoms with E-state index in [1.165, 1.54) is 0 Å². The van der Waals surface area contributed by atoms with Gasteiger partial charge in [-0.2, -0.15) is 0 Å². The van der Waals surface area contributed by atoms with E-state index in [9.17, 15) is 0 Å². The second kappa shape index (κ2) is 2.01. The summed E-state index contributed by atoms with van der Waals surface area (Å²) in [5.41, 5.74) is 0. The largest absolute Gasteiger partial charge is 0.218 e. The Morgan fingerprint density at radius 2 is 1.70 bits per heavy atom. The molecule has 3 heteroatoms. The summed E-state index contributed by atoms with van der Waals surface area (Å²) in [5.74, 6) is 2.89. The van der Waals surface area contributed by atoms with Crippen LogP contribution < -0.4 is 0 Å². The molecule has 0 radical (unpaired) electrons. The summed E-state index contributed by atoms with van der Waals surface area (Å²) < 4.78 is 0. The van der Waals surface area contributed by atoms with E-state index in [0.29, 0.717) is 0 Å². The highest BCUT2D eigenvalue weighted by atomic mass is 15.0. The summed E-state index contributed by atoms with van der Waals surface area (Å²) in [7, 11) is 0. The Kier molecular flexibility index (Phi) is 1.16. The fourth-order valence-electron chi connectivity index (χ4n) is 1.13. The van der Waals surface area contributed by atoms with Gasteiger partial charge in [0.1, 0.15) is 17.5 Å². The van der Waals surface area contributed by atoms with E-state index in [0.717, 1.165) is 36.7 Å². The quantitative estimate of drug-likeness (QED) is 0.564. The van der Waals surface area contributed by atoms with E-state index in [-0.39, 0.29) is 0 Å². The molecule has 0 saturated carbocycles. The third-order valence-electron chi connectivity index (χ3n) is 1.66. The first-order chi connectivity index (χ1) is 4.88. The van der Waals surface area contributed by atoms with Gasteiger partial charge >= 0.3 is 0 Å². The van der Waals surface area contributed by atoms with Crippen molar-refractivity contribution < 1.29 is 0 Å². The standard InChI is InChI=1S/C7H9N3/c1-2-5-8-6-3-4-7(9-5)10-6/h2-4H2,1H3. The van der Waals surface area contributed by atoms with Crippen molar-refractivity contribution in [2.45, 2.75) is 26.2 Å². The van der Waals surface area contributed by atoms with Crippen LogP contribution in [0.4, 0.5) is 0 Å². The summed E-state index contributed by atoms with van der Waals surface area (Å²) in [6.45, 7) is 2.06. The van der Waals surface area contributed by atoms with Gasteiger partial charge in [-0.1, -0.05) is 6.92 Å². The molecule has 0 unspecified atom stereocenters. The number of aromatic nitrogens is 3. The number of nitrogens with zero attached hydrogens (tertiary/aromatic N) is 3. The second-order valence-electron chi connectivity index (χ2n) is 2.44. The van der Waals surface area contributed by atoms with Gasteiger partial charge in [-0.25, -0.2) is 15.0 Å². The van der Waals surface area contributed by atoms with Gasteiger partial charge in [-0.15, -0.1) is 0 Å². The molecular formula is C7H9N3. The molecule has 1 aromatic rings. The van der Waals surface area contributed by atoms with E-state index in [1.54, 1.807) is 0 Å². The SMILES string of the molecule is CCc1nc2nc(n1)CC2. The van der Waals surface area contributed by atoms with Crippen molar-refractivity contribution in [3.8, 4) is 0 Å². The third kappa shape index (κ3) is 0.781. The average Bonchev–Trinajstić information content (AvgIpc) is 2.30. The van der Waals surface area contributed by atoms with Crippen LogP contribution in [0, 0.1) is 0 Å². The maximum absolute atomic E-state index is 4.24. The molecule has 2 rings (SSSR count). The fourth-order valence-corrected chi connectivity index (χ4v) is 1.13. The van der Waals surface area contributed by atoms with Crippen molar-refractivity contribution in [1.29, 1.82) is 0 Å². The van der Waals surface area contributed by atoms with Gasteiger partial charge in [0, 0.05) is 19.3 Å². The van der Waals surface area contributed by atoms with E-state index < -0.39 is 0 Å². The van der Waals surface area contributed by atoms with Crippen molar-refractivity contribution in [3.05, 3.63) is 17.5 Å². The molecule has 0 N–H and O–H groups in total. The van der Waals surface area contributed by atoms with E-state index in [2.05, 4.69) is 21.9 Å². The molecule has 52 valence electrons. The van der Waals surface area contributed by atoms with Crippen LogP contribution in [-0.4, -0.2) is 15.0 Å². The maximum Gasteiger partial charge on any atom is 0.133 e. The zero-order valence-electron chi connectivity index (χ0n) is 5.96. The molecule has 0 fully saturated rings. The van der Waals surface area contributed by atoms with E-state index in [4.69, 9.17) is 0 Å². The molecule has 0 aliphatic carbocycles. The van der Waals surface area contributed by atoms with Crippen molar-refractivity contribution in [2.75, 3.05) is 0 Å². The molecule has 0 atom stereocenters. The van der Waals surface area contributed by atoms with Crippen molar-refractivity contribution in [3.63, 3.8) is 0 Å². The lowest BCUT2D eigenvalue weighted by atomic mass is 10.3. The normalized spacial score (nSPS) is 14.1. The first-order valence-electron chi connectivity index (χ1n) is 3.61. The predicted molar refractivity (Wildman–Crippen MR) is 36.6 cm³/mol. The summed E-state index contributed by atoms with van der Waals surface area (Å²) >= 11 is 0. The van der Waals surface area contributed by atoms with E-state index in [1.807, 2.05) is 0 Å². The van der Waals surface area contributed by atoms with Crippen molar-refractivity contribution in [2.24, 2.45) is 0 Å². The van der Waals surface area contributed by atoms with Gasteiger partial charge in [0.15, 0.2) is 0 Å². The third-order valence-corrected chi connectivity index (χ3v) is 1.66. The first kappa shape index (κ1) is 5.77. The van der Waals surface area contributed by atoms with Gasteiger partial charge in [0.05, 0.1) is 0 Å². The highest BCUT2D eigenvalue weighted by Gasteiger charge is 2.12. The smallest absolute Gasteiger partial charge is 0.133 e. The van der Waals surface area contributed by atoms with Gasteiger partial charge < -0.3 is 0 Å². The lowest BCUT2D eigenvalue weighted by Crippen LogP contribution is -1.97. The van der Waals surface area contributed by atoms with Crippen LogP contribution in [-0.2, 0) is 19.3 Å². The minimum Gasteiger partial charge on any atom is -0.218 e. The zero-order chi connectivity index (χ0) is 6.97. The number of hydrogen-bond donors (Lipinski definition) is 0. The molecule has 0 amide bonds. The van der Waals surface area contributed by atoms with Gasteiger partial charge in [0.2, 0.25) is 0 Å². The van der Waals surface area contributed by atoms with Crippen LogP contribution >= 0.6 is 0 Å². The van der Waals surface area contributed by atoms with Crippen LogP contribution in [0.5, 0.6) is 0 Å². The highest BCUT2D eigenvalue weighted by molar-refractivity contribution is 5.05. The lowest BCUT2D eigenvalue weighted by Gasteiger charge is -1.92. The van der Waals surface area contributed by atoms with Gasteiger partial charge in [0.25, 0.3) is 0 Å². The number of rotatable bonds is 1. The molecule has 2 bridgehead atoms. The highest BCUT2D eigenvalue weighted by Crippen LogP contribution is 2.08. The van der Waals surface area contributed by atoms with Crippen molar-refractivity contribution >= 4 is 0 Å². The molecule has 0 aromatic carbocycles. The van der Waals surface area contributed by atoms with Crippen LogP contribution in [0.15, 0.2) is 0 Å². The number of fused-ring (bicyclic) bond motifs is 2. The summed E-state index contributed by atoms with van der Waals surface area (Å²) in [6.07, 6.45) is 2.90. The first-order valence-corrected chi connectivity index (χ1v) is 3.61. The number of aryl methyl sites for hydroxylation is 3. The predicted octanol–water partition coefficient (Wildman–Crippen LogP) is 0.533. The summed E-state index contributed by atoms with van der Waals surface area (Å²) in [4.78, 5) is 12.7. The minimum atomic E-state index is 0.919. The summed E-state index contributed by atoms with van der Waals surface area (Å²) in [5, 5.41) is 0. The molecule has 1 aliphatic rings. The van der Waals surface area contributed by atoms with Gasteiger partial charge in [-0.05, 0) is 0 Å². The number of hydrogen-bond acceptors (Lipinski definition) is 3. The summed E-state index contributed by atoms with van der Waals surface area (Å²) in [6, 6.07) is 0. The average molecular weight is 135 g/mol. The molecule has 1 aliphatic heterocycles. The topological polar surface area (TPSA) is 38.7 Å². The van der Waals surface area contributed by atoms with E-state index >= 15 is 0 Å². The molecule has 1 aromatic heterocycles. The Bertz CT molecular complexity index is 235. The van der Waals surface area contributed by atoms with Crippen LogP contribution in [0.1, 0.15) is 24.4 Å². The monoisotopic (exact) mass is 135 g/mol. The molecule has 0 spiro atoms. The molecule has 3 nitrogen and oxygen atoms in total. The Balaban J connectivity index is 2.48. The second-order valence-corrected chi connectivity index (χ2v) is 2.44. The zero-order valence-corrected chi connectivity index (χ0v) is 5.96.